The van der Waals surface area contributed by atoms with Crippen LogP contribution in [0.25, 0.3) is 0 Å². The van der Waals surface area contributed by atoms with E-state index in [1.165, 1.54) is 16.7 Å². The van der Waals surface area contributed by atoms with Crippen LogP contribution in [-0.2, 0) is 24.2 Å². The molecule has 6 nitrogen and oxygen atoms in total. The molecule has 0 aliphatic carbocycles. The molecule has 31 heavy (non-hydrogen) atoms. The second-order valence-corrected chi connectivity index (χ2v) is 7.83. The van der Waals surface area contributed by atoms with Gasteiger partial charge in [0.25, 0.3) is 0 Å². The van der Waals surface area contributed by atoms with Gasteiger partial charge in [0.2, 0.25) is 0 Å². The molecule has 168 valence electrons. The maximum Gasteiger partial charge on any atom is 0.191 e. The number of nitrogens with one attached hydrogen (secondary N) is 2. The van der Waals surface area contributed by atoms with E-state index >= 15 is 0 Å². The molecule has 1 fully saturated rings. The maximum absolute atomic E-state index is 5.47. The standard InChI is InChI=1S/C25H36N4O2/c1-4-26-25(27-12-11-21-10-9-20(2)24(17-21)30-3)28-18-22-7-5-6-8-23(22)19-29-13-15-31-16-14-29/h5-10,17H,4,11-16,18-19H2,1-3H3,(H2,26,27,28). The quantitative estimate of drug-likeness (QED) is 0.478. The van der Waals surface area contributed by atoms with Gasteiger partial charge in [-0.1, -0.05) is 36.4 Å². The minimum atomic E-state index is 0.661. The number of methoxy groups -OCH3 is 1. The zero-order valence-corrected chi connectivity index (χ0v) is 19.1. The van der Waals surface area contributed by atoms with E-state index in [2.05, 4.69) is 71.8 Å². The van der Waals surface area contributed by atoms with Crippen LogP contribution in [0.3, 0.4) is 0 Å². The summed E-state index contributed by atoms with van der Waals surface area (Å²) in [6.45, 7) is 11.0. The van der Waals surface area contributed by atoms with Crippen molar-refractivity contribution in [2.24, 2.45) is 4.99 Å². The smallest absolute Gasteiger partial charge is 0.191 e. The summed E-state index contributed by atoms with van der Waals surface area (Å²) >= 11 is 0. The number of benzene rings is 2. The Bertz CT molecular complexity index is 847. The molecule has 2 aromatic rings. The Labute approximate surface area is 186 Å². The molecule has 0 unspecified atom stereocenters. The largest absolute Gasteiger partial charge is 0.496 e. The number of guanidine groups is 1. The van der Waals surface area contributed by atoms with E-state index in [0.29, 0.717) is 6.54 Å². The highest BCUT2D eigenvalue weighted by Gasteiger charge is 2.12. The summed E-state index contributed by atoms with van der Waals surface area (Å²) < 4.78 is 10.9. The molecule has 6 heteroatoms. The number of hydrogen-bond donors (Lipinski definition) is 2. The van der Waals surface area contributed by atoms with Crippen molar-refractivity contribution < 1.29 is 9.47 Å². The summed E-state index contributed by atoms with van der Waals surface area (Å²) in [6.07, 6.45) is 0.911. The fourth-order valence-electron chi connectivity index (χ4n) is 3.72. The Morgan fingerprint density at radius 3 is 2.61 bits per heavy atom. The third-order valence-corrected chi connectivity index (χ3v) is 5.55. The molecular formula is C25H36N4O2. The van der Waals surface area contributed by atoms with E-state index in [1.807, 2.05) is 0 Å². The Morgan fingerprint density at radius 2 is 1.87 bits per heavy atom. The first-order chi connectivity index (χ1) is 15.2. The second-order valence-electron chi connectivity index (χ2n) is 7.83. The van der Waals surface area contributed by atoms with Gasteiger partial charge in [-0.05, 0) is 48.6 Å². The molecule has 3 rings (SSSR count). The van der Waals surface area contributed by atoms with Gasteiger partial charge in [-0.25, -0.2) is 4.99 Å². The Balaban J connectivity index is 1.58. The second kappa shape index (κ2) is 12.3. The molecular weight excluding hydrogens is 388 g/mol. The van der Waals surface area contributed by atoms with Gasteiger partial charge in [0.15, 0.2) is 5.96 Å². The van der Waals surface area contributed by atoms with Crippen molar-refractivity contribution in [3.05, 3.63) is 64.7 Å². The average molecular weight is 425 g/mol. The lowest BCUT2D eigenvalue weighted by molar-refractivity contribution is 0.0341. The SMILES string of the molecule is CCNC(=NCc1ccccc1CN1CCOCC1)NCCc1ccc(C)c(OC)c1. The molecule has 2 aromatic carbocycles. The van der Waals surface area contributed by atoms with E-state index in [0.717, 1.165) is 69.6 Å². The van der Waals surface area contributed by atoms with Crippen LogP contribution >= 0.6 is 0 Å². The molecule has 1 heterocycles. The molecule has 0 atom stereocenters. The van der Waals surface area contributed by atoms with Gasteiger partial charge in [-0.3, -0.25) is 4.90 Å². The molecule has 0 radical (unpaired) electrons. The first-order valence-electron chi connectivity index (χ1n) is 11.2. The van der Waals surface area contributed by atoms with Crippen LogP contribution in [0.2, 0.25) is 0 Å². The minimum absolute atomic E-state index is 0.661. The lowest BCUT2D eigenvalue weighted by atomic mass is 10.1. The third-order valence-electron chi connectivity index (χ3n) is 5.55. The lowest BCUT2D eigenvalue weighted by Gasteiger charge is -2.27. The zero-order chi connectivity index (χ0) is 21.9. The van der Waals surface area contributed by atoms with Crippen molar-refractivity contribution in [1.82, 2.24) is 15.5 Å². The monoisotopic (exact) mass is 424 g/mol. The first kappa shape index (κ1) is 23.1. The maximum atomic E-state index is 5.47. The van der Waals surface area contributed by atoms with E-state index in [4.69, 9.17) is 14.5 Å². The average Bonchev–Trinajstić information content (AvgIpc) is 2.80. The summed E-state index contributed by atoms with van der Waals surface area (Å²) in [5.74, 6) is 1.79. The predicted molar refractivity (Wildman–Crippen MR) is 127 cm³/mol. The van der Waals surface area contributed by atoms with Crippen LogP contribution in [0.15, 0.2) is 47.5 Å². The number of morpholine rings is 1. The van der Waals surface area contributed by atoms with Crippen LogP contribution in [0, 0.1) is 6.92 Å². The topological polar surface area (TPSA) is 58.1 Å². The van der Waals surface area contributed by atoms with E-state index in [9.17, 15) is 0 Å². The number of ether oxygens (including phenoxy) is 2. The van der Waals surface area contributed by atoms with Crippen molar-refractivity contribution >= 4 is 5.96 Å². The molecule has 1 aliphatic rings. The Kier molecular flexibility index (Phi) is 9.18. The van der Waals surface area contributed by atoms with Crippen molar-refractivity contribution in [2.45, 2.75) is 33.4 Å². The van der Waals surface area contributed by atoms with Crippen LogP contribution in [0.1, 0.15) is 29.2 Å². The van der Waals surface area contributed by atoms with Gasteiger partial charge in [-0.2, -0.15) is 0 Å². The molecule has 1 aliphatic heterocycles. The lowest BCUT2D eigenvalue weighted by Crippen LogP contribution is -2.38. The number of aliphatic imine (C=N–C) groups is 1. The summed E-state index contributed by atoms with van der Waals surface area (Å²) in [5.41, 5.74) is 5.02. The van der Waals surface area contributed by atoms with E-state index < -0.39 is 0 Å². The van der Waals surface area contributed by atoms with Crippen molar-refractivity contribution in [2.75, 3.05) is 46.5 Å². The van der Waals surface area contributed by atoms with Crippen LogP contribution in [0.4, 0.5) is 0 Å². The van der Waals surface area contributed by atoms with Gasteiger partial charge >= 0.3 is 0 Å². The van der Waals surface area contributed by atoms with E-state index in [-0.39, 0.29) is 0 Å². The van der Waals surface area contributed by atoms with Crippen molar-refractivity contribution in [1.29, 1.82) is 0 Å². The summed E-state index contributed by atoms with van der Waals surface area (Å²) in [7, 11) is 1.72. The number of rotatable bonds is 9. The highest BCUT2D eigenvalue weighted by molar-refractivity contribution is 5.79. The summed E-state index contributed by atoms with van der Waals surface area (Å²) in [5, 5.41) is 6.82. The molecule has 0 spiro atoms. The molecule has 0 bridgehead atoms. The molecule has 2 N–H and O–H groups in total. The molecule has 0 aromatic heterocycles. The van der Waals surface area contributed by atoms with Crippen LogP contribution in [-0.4, -0.2) is 57.4 Å². The number of nitrogens with zero attached hydrogens (tertiary/aromatic N) is 2. The zero-order valence-electron chi connectivity index (χ0n) is 19.1. The molecule has 0 saturated carbocycles. The van der Waals surface area contributed by atoms with Gasteiger partial charge in [0.05, 0.1) is 26.9 Å². The first-order valence-corrected chi connectivity index (χ1v) is 11.2. The van der Waals surface area contributed by atoms with Crippen molar-refractivity contribution in [3.63, 3.8) is 0 Å². The van der Waals surface area contributed by atoms with Crippen LogP contribution < -0.4 is 15.4 Å². The van der Waals surface area contributed by atoms with E-state index in [1.54, 1.807) is 7.11 Å². The summed E-state index contributed by atoms with van der Waals surface area (Å²) in [4.78, 5) is 7.29. The number of aryl methyl sites for hydroxylation is 1. The number of hydrogen-bond acceptors (Lipinski definition) is 4. The normalized spacial score (nSPS) is 15.0. The van der Waals surface area contributed by atoms with Gasteiger partial charge in [0, 0.05) is 32.7 Å². The predicted octanol–water partition coefficient (Wildman–Crippen LogP) is 3.13. The Hall–Kier alpha value is -2.57. The van der Waals surface area contributed by atoms with Crippen LogP contribution in [0.5, 0.6) is 5.75 Å². The van der Waals surface area contributed by atoms with Gasteiger partial charge in [0.1, 0.15) is 5.75 Å². The van der Waals surface area contributed by atoms with Gasteiger partial charge < -0.3 is 20.1 Å². The summed E-state index contributed by atoms with van der Waals surface area (Å²) in [6, 6.07) is 15.0. The van der Waals surface area contributed by atoms with Gasteiger partial charge in [-0.15, -0.1) is 0 Å². The minimum Gasteiger partial charge on any atom is -0.496 e. The third kappa shape index (κ3) is 7.26. The Morgan fingerprint density at radius 1 is 1.10 bits per heavy atom. The fraction of sp³-hybridized carbons (Fsp3) is 0.480. The molecule has 0 amide bonds. The highest BCUT2D eigenvalue weighted by atomic mass is 16.5. The van der Waals surface area contributed by atoms with Crippen molar-refractivity contribution in [3.8, 4) is 5.75 Å². The molecule has 1 saturated heterocycles. The highest BCUT2D eigenvalue weighted by Crippen LogP contribution is 2.19. The fourth-order valence-corrected chi connectivity index (χ4v) is 3.72.